The summed E-state index contributed by atoms with van der Waals surface area (Å²) in [7, 11) is 1.95. The van der Waals surface area contributed by atoms with E-state index in [1.807, 2.05) is 37.5 Å². The maximum Gasteiger partial charge on any atom is 0.0705 e. The van der Waals surface area contributed by atoms with Crippen LogP contribution in [0, 0.1) is 0 Å². The molecule has 2 rings (SSSR count). The minimum atomic E-state index is 0.877. The zero-order chi connectivity index (χ0) is 10.5. The number of nitrogens with one attached hydrogen (secondary N) is 1. The summed E-state index contributed by atoms with van der Waals surface area (Å²) < 4.78 is 0. The van der Waals surface area contributed by atoms with Gasteiger partial charge in [-0.15, -0.1) is 0 Å². The first-order valence-electron chi connectivity index (χ1n) is 5.05. The highest BCUT2D eigenvalue weighted by molar-refractivity contribution is 5.59. The quantitative estimate of drug-likeness (QED) is 0.819. The third kappa shape index (κ3) is 2.42. The number of hydrogen-bond donors (Lipinski definition) is 1. The summed E-state index contributed by atoms with van der Waals surface area (Å²) in [5.41, 5.74) is 3.45. The summed E-state index contributed by atoms with van der Waals surface area (Å²) in [6, 6.07) is 14.4. The summed E-state index contributed by atoms with van der Waals surface area (Å²) in [4.78, 5) is 4.36. The first-order valence-corrected chi connectivity index (χ1v) is 5.05. The number of benzene rings is 1. The van der Waals surface area contributed by atoms with Gasteiger partial charge in [-0.3, -0.25) is 4.98 Å². The molecule has 0 unspecified atom stereocenters. The molecular formula is C13H14N2. The van der Waals surface area contributed by atoms with Crippen molar-refractivity contribution < 1.29 is 0 Å². The van der Waals surface area contributed by atoms with Crippen molar-refractivity contribution in [2.45, 2.75) is 6.54 Å². The third-order valence-corrected chi connectivity index (χ3v) is 2.27. The molecule has 2 heteroatoms. The van der Waals surface area contributed by atoms with Gasteiger partial charge in [-0.2, -0.15) is 0 Å². The van der Waals surface area contributed by atoms with E-state index in [-0.39, 0.29) is 0 Å². The van der Waals surface area contributed by atoms with Gasteiger partial charge in [0.2, 0.25) is 0 Å². The Hall–Kier alpha value is -1.67. The van der Waals surface area contributed by atoms with Crippen molar-refractivity contribution >= 4 is 0 Å². The minimum absolute atomic E-state index is 0.877. The van der Waals surface area contributed by atoms with E-state index in [1.54, 1.807) is 0 Å². The first kappa shape index (κ1) is 9.87. The van der Waals surface area contributed by atoms with Gasteiger partial charge >= 0.3 is 0 Å². The molecule has 0 atom stereocenters. The Morgan fingerprint density at radius 2 is 1.93 bits per heavy atom. The topological polar surface area (TPSA) is 24.9 Å². The molecule has 76 valence electrons. The van der Waals surface area contributed by atoms with Crippen molar-refractivity contribution in [1.29, 1.82) is 0 Å². The molecule has 0 spiro atoms. The molecule has 1 heterocycles. The van der Waals surface area contributed by atoms with Gasteiger partial charge < -0.3 is 5.32 Å². The summed E-state index contributed by atoms with van der Waals surface area (Å²) in [5, 5.41) is 3.13. The van der Waals surface area contributed by atoms with Crippen LogP contribution < -0.4 is 5.32 Å². The van der Waals surface area contributed by atoms with Crippen LogP contribution in [0.4, 0.5) is 0 Å². The van der Waals surface area contributed by atoms with Gasteiger partial charge in [0, 0.05) is 18.3 Å². The molecule has 0 radical (unpaired) electrons. The minimum Gasteiger partial charge on any atom is -0.316 e. The van der Waals surface area contributed by atoms with Crippen LogP contribution in [-0.4, -0.2) is 12.0 Å². The largest absolute Gasteiger partial charge is 0.316 e. The van der Waals surface area contributed by atoms with E-state index >= 15 is 0 Å². The zero-order valence-corrected chi connectivity index (χ0v) is 8.77. The molecule has 15 heavy (non-hydrogen) atoms. The van der Waals surface area contributed by atoms with Crippen molar-refractivity contribution in [3.05, 3.63) is 54.2 Å². The zero-order valence-electron chi connectivity index (χ0n) is 8.77. The van der Waals surface area contributed by atoms with Crippen molar-refractivity contribution in [1.82, 2.24) is 10.3 Å². The average Bonchev–Trinajstić information content (AvgIpc) is 2.31. The summed E-state index contributed by atoms with van der Waals surface area (Å²) in [5.74, 6) is 0. The normalized spacial score (nSPS) is 10.2. The lowest BCUT2D eigenvalue weighted by Gasteiger charge is -2.03. The molecule has 0 bridgehead atoms. The molecule has 2 aromatic rings. The van der Waals surface area contributed by atoms with Gasteiger partial charge in [0.05, 0.1) is 5.69 Å². The molecule has 0 saturated heterocycles. The molecule has 0 aliphatic carbocycles. The highest BCUT2D eigenvalue weighted by Gasteiger charge is 1.98. The Kier molecular flexibility index (Phi) is 3.10. The van der Waals surface area contributed by atoms with Crippen LogP contribution in [0.2, 0.25) is 0 Å². The number of rotatable bonds is 3. The first-order chi connectivity index (χ1) is 7.40. The summed E-state index contributed by atoms with van der Waals surface area (Å²) in [6.07, 6.45) is 1.86. The Balaban J connectivity index is 2.33. The van der Waals surface area contributed by atoms with E-state index in [0.29, 0.717) is 0 Å². The van der Waals surface area contributed by atoms with Crippen molar-refractivity contribution in [2.24, 2.45) is 0 Å². The van der Waals surface area contributed by atoms with Crippen LogP contribution in [0.3, 0.4) is 0 Å². The number of hydrogen-bond acceptors (Lipinski definition) is 2. The van der Waals surface area contributed by atoms with Gasteiger partial charge in [0.15, 0.2) is 0 Å². The van der Waals surface area contributed by atoms with E-state index in [2.05, 4.69) is 28.5 Å². The standard InChI is InChI=1S/C13H14N2/c1-14-10-11-7-8-15-13(9-11)12-5-3-2-4-6-12/h2-9,14H,10H2,1H3. The molecule has 1 aromatic heterocycles. The predicted molar refractivity (Wildman–Crippen MR) is 62.4 cm³/mol. The molecule has 0 saturated carbocycles. The lowest BCUT2D eigenvalue weighted by Crippen LogP contribution is -2.05. The molecule has 0 aliphatic heterocycles. The smallest absolute Gasteiger partial charge is 0.0705 e. The van der Waals surface area contributed by atoms with Crippen LogP contribution >= 0.6 is 0 Å². The number of aromatic nitrogens is 1. The fourth-order valence-corrected chi connectivity index (χ4v) is 1.56. The van der Waals surface area contributed by atoms with Gasteiger partial charge in [0.25, 0.3) is 0 Å². The summed E-state index contributed by atoms with van der Waals surface area (Å²) >= 11 is 0. The SMILES string of the molecule is CNCc1ccnc(-c2ccccc2)c1. The van der Waals surface area contributed by atoms with Crippen LogP contribution in [0.25, 0.3) is 11.3 Å². The highest BCUT2D eigenvalue weighted by atomic mass is 14.8. The number of pyridine rings is 1. The predicted octanol–water partition coefficient (Wildman–Crippen LogP) is 2.47. The maximum atomic E-state index is 4.36. The molecular weight excluding hydrogens is 184 g/mol. The second kappa shape index (κ2) is 4.71. The van der Waals surface area contributed by atoms with E-state index in [0.717, 1.165) is 17.8 Å². The monoisotopic (exact) mass is 198 g/mol. The van der Waals surface area contributed by atoms with Crippen LogP contribution in [0.15, 0.2) is 48.7 Å². The molecule has 2 nitrogen and oxygen atoms in total. The lowest BCUT2D eigenvalue weighted by molar-refractivity contribution is 0.816. The third-order valence-electron chi connectivity index (χ3n) is 2.27. The Labute approximate surface area is 90.0 Å². The van der Waals surface area contributed by atoms with Gasteiger partial charge in [0.1, 0.15) is 0 Å². The Bertz CT molecular complexity index is 424. The molecule has 1 N–H and O–H groups in total. The van der Waals surface area contributed by atoms with Crippen LogP contribution in [0.5, 0.6) is 0 Å². The Morgan fingerprint density at radius 1 is 1.13 bits per heavy atom. The van der Waals surface area contributed by atoms with E-state index in [9.17, 15) is 0 Å². The molecule has 0 amide bonds. The van der Waals surface area contributed by atoms with Gasteiger partial charge in [-0.1, -0.05) is 30.3 Å². The van der Waals surface area contributed by atoms with E-state index in [4.69, 9.17) is 0 Å². The highest BCUT2D eigenvalue weighted by Crippen LogP contribution is 2.16. The summed E-state index contributed by atoms with van der Waals surface area (Å²) in [6.45, 7) is 0.877. The van der Waals surface area contributed by atoms with E-state index < -0.39 is 0 Å². The number of nitrogens with zero attached hydrogens (tertiary/aromatic N) is 1. The fourth-order valence-electron chi connectivity index (χ4n) is 1.56. The van der Waals surface area contributed by atoms with Gasteiger partial charge in [-0.05, 0) is 24.7 Å². The molecule has 1 aromatic carbocycles. The lowest BCUT2D eigenvalue weighted by atomic mass is 10.1. The van der Waals surface area contributed by atoms with Crippen LogP contribution in [-0.2, 0) is 6.54 Å². The van der Waals surface area contributed by atoms with Crippen molar-refractivity contribution in [3.8, 4) is 11.3 Å². The van der Waals surface area contributed by atoms with E-state index in [1.165, 1.54) is 5.56 Å². The van der Waals surface area contributed by atoms with Crippen molar-refractivity contribution in [2.75, 3.05) is 7.05 Å². The fraction of sp³-hybridized carbons (Fsp3) is 0.154. The average molecular weight is 198 g/mol. The van der Waals surface area contributed by atoms with Crippen LogP contribution in [0.1, 0.15) is 5.56 Å². The maximum absolute atomic E-state index is 4.36. The second-order valence-electron chi connectivity index (χ2n) is 3.45. The Morgan fingerprint density at radius 3 is 2.67 bits per heavy atom. The molecule has 0 aliphatic rings. The second-order valence-corrected chi connectivity index (χ2v) is 3.45. The van der Waals surface area contributed by atoms with Crippen molar-refractivity contribution in [3.63, 3.8) is 0 Å². The molecule has 0 fully saturated rings. The van der Waals surface area contributed by atoms with Gasteiger partial charge in [-0.25, -0.2) is 0 Å².